The number of hydrogen-bond acceptors (Lipinski definition) is 4. The van der Waals surface area contributed by atoms with E-state index in [1.165, 1.54) is 19.2 Å². The Morgan fingerprint density at radius 1 is 1.40 bits per heavy atom. The number of benzene rings is 1. The van der Waals surface area contributed by atoms with Crippen molar-refractivity contribution in [3.05, 3.63) is 41.7 Å². The maximum atomic E-state index is 14.0. The van der Waals surface area contributed by atoms with Crippen LogP contribution in [0.4, 0.5) is 4.39 Å². The Morgan fingerprint density at radius 3 is 2.96 bits per heavy atom. The summed E-state index contributed by atoms with van der Waals surface area (Å²) in [5.74, 6) is 0.228. The van der Waals surface area contributed by atoms with Crippen molar-refractivity contribution in [2.75, 3.05) is 13.7 Å². The van der Waals surface area contributed by atoms with E-state index in [0.717, 1.165) is 38.1 Å². The van der Waals surface area contributed by atoms with Crippen LogP contribution in [-0.4, -0.2) is 39.2 Å². The molecule has 0 aliphatic carbocycles. The summed E-state index contributed by atoms with van der Waals surface area (Å²) in [5.41, 5.74) is 0.326. The summed E-state index contributed by atoms with van der Waals surface area (Å²) in [6.07, 6.45) is 5.48. The SMILES string of the molecule is CCCn1cnnc1[C@H]1CCCCN1C(=O)c1ccc(OC)c(F)c1. The fraction of sp³-hybridized carbons (Fsp3) is 0.500. The summed E-state index contributed by atoms with van der Waals surface area (Å²) in [6, 6.07) is 4.21. The van der Waals surface area contributed by atoms with E-state index < -0.39 is 5.82 Å². The van der Waals surface area contributed by atoms with E-state index in [0.29, 0.717) is 12.1 Å². The van der Waals surface area contributed by atoms with E-state index in [9.17, 15) is 9.18 Å². The fourth-order valence-corrected chi connectivity index (χ4v) is 3.34. The topological polar surface area (TPSA) is 60.2 Å². The highest BCUT2D eigenvalue weighted by Gasteiger charge is 2.32. The summed E-state index contributed by atoms with van der Waals surface area (Å²) < 4.78 is 20.9. The molecule has 0 spiro atoms. The number of amides is 1. The van der Waals surface area contributed by atoms with Gasteiger partial charge in [0.2, 0.25) is 0 Å². The first-order chi connectivity index (χ1) is 12.2. The van der Waals surface area contributed by atoms with Gasteiger partial charge in [-0.05, 0) is 43.9 Å². The molecule has 2 heterocycles. The van der Waals surface area contributed by atoms with Crippen LogP contribution in [0.3, 0.4) is 0 Å². The highest BCUT2D eigenvalue weighted by atomic mass is 19.1. The van der Waals surface area contributed by atoms with Gasteiger partial charge in [0.05, 0.1) is 13.2 Å². The Kier molecular flexibility index (Phi) is 5.31. The molecule has 1 aliphatic rings. The molecule has 1 atom stereocenters. The molecule has 0 bridgehead atoms. The van der Waals surface area contributed by atoms with Crippen LogP contribution in [0.25, 0.3) is 0 Å². The summed E-state index contributed by atoms with van der Waals surface area (Å²) in [4.78, 5) is 14.8. The molecular formula is C18H23FN4O2. The van der Waals surface area contributed by atoms with E-state index in [2.05, 4.69) is 17.1 Å². The van der Waals surface area contributed by atoms with Gasteiger partial charge in [0.15, 0.2) is 17.4 Å². The van der Waals surface area contributed by atoms with E-state index >= 15 is 0 Å². The number of hydrogen-bond donors (Lipinski definition) is 0. The lowest BCUT2D eigenvalue weighted by Gasteiger charge is -2.35. The van der Waals surface area contributed by atoms with Crippen molar-refractivity contribution in [3.8, 4) is 5.75 Å². The lowest BCUT2D eigenvalue weighted by Crippen LogP contribution is -2.39. The maximum absolute atomic E-state index is 14.0. The van der Waals surface area contributed by atoms with Crippen LogP contribution < -0.4 is 4.74 Å². The van der Waals surface area contributed by atoms with Crippen molar-refractivity contribution in [1.82, 2.24) is 19.7 Å². The van der Waals surface area contributed by atoms with Gasteiger partial charge in [-0.1, -0.05) is 6.92 Å². The Balaban J connectivity index is 1.89. The minimum Gasteiger partial charge on any atom is -0.494 e. The van der Waals surface area contributed by atoms with E-state index in [1.54, 1.807) is 17.3 Å². The number of likely N-dealkylation sites (tertiary alicyclic amines) is 1. The molecule has 0 saturated carbocycles. The summed E-state index contributed by atoms with van der Waals surface area (Å²) in [6.45, 7) is 3.54. The average Bonchev–Trinajstić information content (AvgIpc) is 3.09. The molecule has 2 aromatic rings. The second-order valence-electron chi connectivity index (χ2n) is 6.24. The molecular weight excluding hydrogens is 323 g/mol. The van der Waals surface area contributed by atoms with Gasteiger partial charge in [-0.2, -0.15) is 0 Å². The molecule has 1 amide bonds. The summed E-state index contributed by atoms with van der Waals surface area (Å²) >= 11 is 0. The van der Waals surface area contributed by atoms with Gasteiger partial charge >= 0.3 is 0 Å². The second-order valence-corrected chi connectivity index (χ2v) is 6.24. The van der Waals surface area contributed by atoms with E-state index in [4.69, 9.17) is 4.74 Å². The largest absolute Gasteiger partial charge is 0.494 e. The molecule has 7 heteroatoms. The van der Waals surface area contributed by atoms with Gasteiger partial charge in [-0.15, -0.1) is 10.2 Å². The number of nitrogens with zero attached hydrogens (tertiary/aromatic N) is 4. The first kappa shape index (κ1) is 17.4. The minimum absolute atomic E-state index is 0.125. The van der Waals surface area contributed by atoms with Crippen molar-refractivity contribution in [3.63, 3.8) is 0 Å². The first-order valence-electron chi connectivity index (χ1n) is 8.68. The number of carbonyl (C=O) groups is 1. The van der Waals surface area contributed by atoms with Crippen LogP contribution in [0.15, 0.2) is 24.5 Å². The van der Waals surface area contributed by atoms with Gasteiger partial charge in [0, 0.05) is 18.7 Å². The monoisotopic (exact) mass is 346 g/mol. The Morgan fingerprint density at radius 2 is 2.24 bits per heavy atom. The highest BCUT2D eigenvalue weighted by molar-refractivity contribution is 5.94. The van der Waals surface area contributed by atoms with Crippen LogP contribution in [0.5, 0.6) is 5.75 Å². The smallest absolute Gasteiger partial charge is 0.254 e. The lowest BCUT2D eigenvalue weighted by atomic mass is 10.00. The zero-order valence-corrected chi connectivity index (χ0v) is 14.6. The molecule has 1 fully saturated rings. The van der Waals surface area contributed by atoms with Crippen molar-refractivity contribution >= 4 is 5.91 Å². The van der Waals surface area contributed by atoms with Crippen LogP contribution in [0.2, 0.25) is 0 Å². The molecule has 25 heavy (non-hydrogen) atoms. The molecule has 1 aliphatic heterocycles. The van der Waals surface area contributed by atoms with Crippen molar-refractivity contribution in [2.45, 2.75) is 45.2 Å². The molecule has 0 N–H and O–H groups in total. The Labute approximate surface area is 146 Å². The Hall–Kier alpha value is -2.44. The van der Waals surface area contributed by atoms with E-state index in [-0.39, 0.29) is 17.7 Å². The third-order valence-corrected chi connectivity index (χ3v) is 4.57. The number of carbonyl (C=O) groups excluding carboxylic acids is 1. The number of piperidine rings is 1. The standard InChI is InChI=1S/C18H23FN4O2/c1-3-9-22-12-20-21-17(22)15-6-4-5-10-23(15)18(24)13-7-8-16(25-2)14(19)11-13/h7-8,11-12,15H,3-6,9-10H2,1-2H3/t15-/m1/s1. The van der Waals surface area contributed by atoms with Crippen molar-refractivity contribution in [2.24, 2.45) is 0 Å². The van der Waals surface area contributed by atoms with Gasteiger partial charge < -0.3 is 14.2 Å². The van der Waals surface area contributed by atoms with E-state index in [1.807, 2.05) is 4.57 Å². The zero-order chi connectivity index (χ0) is 17.8. The Bertz CT molecular complexity index is 746. The quantitative estimate of drug-likeness (QED) is 0.834. The molecule has 1 saturated heterocycles. The molecule has 0 unspecified atom stereocenters. The zero-order valence-electron chi connectivity index (χ0n) is 14.6. The normalized spacial score (nSPS) is 17.6. The number of rotatable bonds is 5. The lowest BCUT2D eigenvalue weighted by molar-refractivity contribution is 0.0594. The van der Waals surface area contributed by atoms with Crippen LogP contribution in [0, 0.1) is 5.82 Å². The third-order valence-electron chi connectivity index (χ3n) is 4.57. The third kappa shape index (κ3) is 3.50. The highest BCUT2D eigenvalue weighted by Crippen LogP contribution is 2.31. The second kappa shape index (κ2) is 7.63. The minimum atomic E-state index is -0.531. The van der Waals surface area contributed by atoms with Gasteiger partial charge in [0.1, 0.15) is 6.33 Å². The first-order valence-corrected chi connectivity index (χ1v) is 8.68. The molecule has 1 aromatic carbocycles. The van der Waals surface area contributed by atoms with Crippen LogP contribution in [0.1, 0.15) is 54.8 Å². The molecule has 1 aromatic heterocycles. The predicted octanol–water partition coefficient (Wildman–Crippen LogP) is 3.20. The van der Waals surface area contributed by atoms with Gasteiger partial charge in [-0.25, -0.2) is 4.39 Å². The number of ether oxygens (including phenoxy) is 1. The summed E-state index contributed by atoms with van der Waals surface area (Å²) in [5, 5.41) is 8.27. The number of aryl methyl sites for hydroxylation is 1. The molecule has 6 nitrogen and oxygen atoms in total. The number of halogens is 1. The number of methoxy groups -OCH3 is 1. The van der Waals surface area contributed by atoms with Crippen LogP contribution in [-0.2, 0) is 6.54 Å². The maximum Gasteiger partial charge on any atom is 0.254 e. The van der Waals surface area contributed by atoms with Crippen molar-refractivity contribution < 1.29 is 13.9 Å². The predicted molar refractivity (Wildman–Crippen MR) is 90.9 cm³/mol. The van der Waals surface area contributed by atoms with Gasteiger partial charge in [0.25, 0.3) is 5.91 Å². The number of aromatic nitrogens is 3. The fourth-order valence-electron chi connectivity index (χ4n) is 3.34. The summed E-state index contributed by atoms with van der Waals surface area (Å²) in [7, 11) is 1.40. The molecule has 134 valence electrons. The molecule has 0 radical (unpaired) electrons. The van der Waals surface area contributed by atoms with Crippen molar-refractivity contribution in [1.29, 1.82) is 0 Å². The van der Waals surface area contributed by atoms with Crippen LogP contribution >= 0.6 is 0 Å². The average molecular weight is 346 g/mol. The molecule has 3 rings (SSSR count). The van der Waals surface area contributed by atoms with Gasteiger partial charge in [-0.3, -0.25) is 4.79 Å².